The molecule has 3 aromatic carbocycles. The van der Waals surface area contributed by atoms with Crippen LogP contribution >= 0.6 is 11.6 Å². The second-order valence-corrected chi connectivity index (χ2v) is 8.83. The summed E-state index contributed by atoms with van der Waals surface area (Å²) in [5, 5.41) is 3.29. The number of halogens is 4. The molecule has 0 radical (unpaired) electrons. The van der Waals surface area contributed by atoms with E-state index in [1.165, 1.54) is 12.1 Å². The van der Waals surface area contributed by atoms with Gasteiger partial charge in [0.05, 0.1) is 16.9 Å². The predicted molar refractivity (Wildman–Crippen MR) is 130 cm³/mol. The van der Waals surface area contributed by atoms with Crippen LogP contribution in [0.15, 0.2) is 66.7 Å². The molecule has 1 N–H and O–H groups in total. The highest BCUT2D eigenvalue weighted by molar-refractivity contribution is 6.30. The van der Waals surface area contributed by atoms with E-state index in [2.05, 4.69) is 5.32 Å². The second-order valence-electron chi connectivity index (χ2n) is 8.39. The minimum atomic E-state index is -4.56. The van der Waals surface area contributed by atoms with Crippen LogP contribution in [0.5, 0.6) is 0 Å². The number of alkyl halides is 3. The lowest BCUT2D eigenvalue weighted by Gasteiger charge is -2.36. The Labute approximate surface area is 206 Å². The van der Waals surface area contributed by atoms with Gasteiger partial charge in [-0.05, 0) is 66.9 Å². The number of hydrogen-bond donors (Lipinski definition) is 1. The third kappa shape index (κ3) is 5.77. The zero-order chi connectivity index (χ0) is 25.2. The number of hydrogen-bond acceptors (Lipinski definition) is 2. The number of nitrogens with one attached hydrogen (secondary N) is 1. The fourth-order valence-corrected chi connectivity index (χ4v) is 4.24. The second kappa shape index (κ2) is 10.00. The molecule has 1 heterocycles. The highest BCUT2D eigenvalue weighted by Crippen LogP contribution is 2.32. The summed E-state index contributed by atoms with van der Waals surface area (Å²) in [6, 6.07) is 16.5. The van der Waals surface area contributed by atoms with E-state index in [-0.39, 0.29) is 11.6 Å². The maximum Gasteiger partial charge on any atom is 0.416 e. The molecule has 1 fully saturated rings. The lowest BCUT2D eigenvalue weighted by molar-refractivity contribution is -0.137. The van der Waals surface area contributed by atoms with Gasteiger partial charge in [-0.15, -0.1) is 0 Å². The normalized spacial score (nSPS) is 14.3. The summed E-state index contributed by atoms with van der Waals surface area (Å²) >= 11 is 6.08. The fourth-order valence-electron chi connectivity index (χ4n) is 4.02. The number of benzene rings is 3. The summed E-state index contributed by atoms with van der Waals surface area (Å²) in [7, 11) is 0. The van der Waals surface area contributed by atoms with Crippen LogP contribution in [0.4, 0.5) is 29.3 Å². The lowest BCUT2D eigenvalue weighted by Crippen LogP contribution is -2.49. The van der Waals surface area contributed by atoms with Crippen molar-refractivity contribution in [3.05, 3.63) is 94.0 Å². The van der Waals surface area contributed by atoms with E-state index in [1.54, 1.807) is 34.1 Å². The molecule has 1 aliphatic rings. The molecule has 0 atom stereocenters. The lowest BCUT2D eigenvalue weighted by atomic mass is 10.1. The Morgan fingerprint density at radius 3 is 2.54 bits per heavy atom. The Morgan fingerprint density at radius 1 is 1.03 bits per heavy atom. The molecule has 0 aliphatic carbocycles. The Morgan fingerprint density at radius 2 is 1.80 bits per heavy atom. The van der Waals surface area contributed by atoms with Crippen LogP contribution in [-0.4, -0.2) is 29.9 Å². The van der Waals surface area contributed by atoms with Crippen LogP contribution < -0.4 is 10.2 Å². The zero-order valence-electron chi connectivity index (χ0n) is 18.9. The first-order chi connectivity index (χ1) is 16.6. The molecule has 0 saturated carbocycles. The van der Waals surface area contributed by atoms with Gasteiger partial charge in [-0.1, -0.05) is 35.9 Å². The van der Waals surface area contributed by atoms with Gasteiger partial charge in [-0.25, -0.2) is 4.79 Å². The van der Waals surface area contributed by atoms with Gasteiger partial charge in [0.15, 0.2) is 0 Å². The largest absolute Gasteiger partial charge is 0.416 e. The molecule has 1 saturated heterocycles. The number of carbonyl (C=O) groups is 2. The van der Waals surface area contributed by atoms with Gasteiger partial charge < -0.3 is 10.2 Å². The summed E-state index contributed by atoms with van der Waals surface area (Å²) in [5.41, 5.74) is 1.53. The smallest absolute Gasteiger partial charge is 0.320 e. The van der Waals surface area contributed by atoms with E-state index in [0.29, 0.717) is 42.5 Å². The van der Waals surface area contributed by atoms with Crippen molar-refractivity contribution in [3.8, 4) is 0 Å². The molecule has 4 rings (SSSR count). The maximum absolute atomic E-state index is 13.3. The van der Waals surface area contributed by atoms with Crippen molar-refractivity contribution in [2.45, 2.75) is 26.1 Å². The Kier molecular flexibility index (Phi) is 7.03. The average molecular weight is 502 g/mol. The van der Waals surface area contributed by atoms with Crippen LogP contribution in [0.3, 0.4) is 0 Å². The highest BCUT2D eigenvalue weighted by Gasteiger charge is 2.31. The van der Waals surface area contributed by atoms with Gasteiger partial charge in [0, 0.05) is 30.2 Å². The quantitative estimate of drug-likeness (QED) is 0.420. The molecule has 5 nitrogen and oxygen atoms in total. The molecule has 35 heavy (non-hydrogen) atoms. The molecule has 0 spiro atoms. The Hall–Kier alpha value is -3.52. The summed E-state index contributed by atoms with van der Waals surface area (Å²) in [4.78, 5) is 29.5. The first kappa shape index (κ1) is 24.6. The maximum atomic E-state index is 13.3. The summed E-state index contributed by atoms with van der Waals surface area (Å²) in [5.74, 6) is -0.691. The van der Waals surface area contributed by atoms with Crippen molar-refractivity contribution in [1.82, 2.24) is 4.90 Å². The SMILES string of the molecule is Cc1ccc(N2CCCN(Cc3cccc(Cl)c3)C2=O)c(NC(=O)c2cccc(C(F)(F)F)c2)c1. The third-order valence-corrected chi connectivity index (χ3v) is 5.95. The molecule has 0 bridgehead atoms. The summed E-state index contributed by atoms with van der Waals surface area (Å²) in [6.07, 6.45) is -3.85. The highest BCUT2D eigenvalue weighted by atomic mass is 35.5. The molecular weight excluding hydrogens is 479 g/mol. The van der Waals surface area contributed by atoms with Crippen LogP contribution in [0.1, 0.15) is 33.5 Å². The van der Waals surface area contributed by atoms with Crippen molar-refractivity contribution in [2.24, 2.45) is 0 Å². The van der Waals surface area contributed by atoms with E-state index < -0.39 is 17.6 Å². The molecule has 9 heteroatoms. The van der Waals surface area contributed by atoms with Gasteiger partial charge in [0.1, 0.15) is 0 Å². The number of urea groups is 1. The predicted octanol–water partition coefficient (Wildman–Crippen LogP) is 6.75. The number of carbonyl (C=O) groups excluding carboxylic acids is 2. The van der Waals surface area contributed by atoms with Crippen molar-refractivity contribution in [3.63, 3.8) is 0 Å². The minimum Gasteiger partial charge on any atom is -0.320 e. The first-order valence-corrected chi connectivity index (χ1v) is 11.4. The summed E-state index contributed by atoms with van der Waals surface area (Å²) in [6.45, 7) is 3.22. The summed E-state index contributed by atoms with van der Waals surface area (Å²) < 4.78 is 39.3. The van der Waals surface area contributed by atoms with Crippen LogP contribution in [0, 0.1) is 6.92 Å². The molecular formula is C26H23ClF3N3O2. The van der Waals surface area contributed by atoms with Crippen molar-refractivity contribution >= 4 is 34.9 Å². The van der Waals surface area contributed by atoms with Gasteiger partial charge in [-0.3, -0.25) is 9.69 Å². The Balaban J connectivity index is 1.58. The van der Waals surface area contributed by atoms with Gasteiger partial charge in [0.2, 0.25) is 0 Å². The van der Waals surface area contributed by atoms with Crippen LogP contribution in [0.25, 0.3) is 0 Å². The van der Waals surface area contributed by atoms with E-state index in [4.69, 9.17) is 11.6 Å². The average Bonchev–Trinajstić information content (AvgIpc) is 2.80. The van der Waals surface area contributed by atoms with E-state index >= 15 is 0 Å². The Bertz CT molecular complexity index is 1260. The molecule has 0 unspecified atom stereocenters. The number of aryl methyl sites for hydroxylation is 1. The van der Waals surface area contributed by atoms with Gasteiger partial charge in [0.25, 0.3) is 5.91 Å². The number of nitrogens with zero attached hydrogens (tertiary/aromatic N) is 2. The molecule has 0 aromatic heterocycles. The van der Waals surface area contributed by atoms with Crippen molar-refractivity contribution in [2.75, 3.05) is 23.3 Å². The van der Waals surface area contributed by atoms with Crippen LogP contribution in [-0.2, 0) is 12.7 Å². The fraction of sp³-hybridized carbons (Fsp3) is 0.231. The standard InChI is InChI=1S/C26H23ClF3N3O2/c1-17-9-10-23(22(13-17)31-24(34)19-6-3-7-20(15-19)26(28,29)30)33-12-4-11-32(25(33)35)16-18-5-2-8-21(27)14-18/h2-3,5-10,13-15H,4,11-12,16H2,1H3,(H,31,34). The van der Waals surface area contributed by atoms with Crippen molar-refractivity contribution < 1.29 is 22.8 Å². The molecule has 182 valence electrons. The van der Waals surface area contributed by atoms with Gasteiger partial charge >= 0.3 is 12.2 Å². The van der Waals surface area contributed by atoms with Gasteiger partial charge in [-0.2, -0.15) is 13.2 Å². The molecule has 3 aromatic rings. The number of amides is 3. The molecule has 1 aliphatic heterocycles. The van der Waals surface area contributed by atoms with Crippen LogP contribution in [0.2, 0.25) is 5.02 Å². The number of anilines is 2. The molecule has 3 amide bonds. The van der Waals surface area contributed by atoms with Crippen molar-refractivity contribution in [1.29, 1.82) is 0 Å². The monoisotopic (exact) mass is 501 g/mol. The van der Waals surface area contributed by atoms with E-state index in [9.17, 15) is 22.8 Å². The van der Waals surface area contributed by atoms with E-state index in [1.807, 2.05) is 25.1 Å². The number of rotatable bonds is 5. The topological polar surface area (TPSA) is 52.6 Å². The first-order valence-electron chi connectivity index (χ1n) is 11.0. The zero-order valence-corrected chi connectivity index (χ0v) is 19.7. The van der Waals surface area contributed by atoms with E-state index in [0.717, 1.165) is 23.3 Å². The third-order valence-electron chi connectivity index (χ3n) is 5.72. The minimum absolute atomic E-state index is 0.125.